The average Bonchev–Trinajstić information content (AvgIpc) is 2.07. The quantitative estimate of drug-likeness (QED) is 0.482. The van der Waals surface area contributed by atoms with Gasteiger partial charge in [-0.2, -0.15) is 0 Å². The molecule has 0 radical (unpaired) electrons. The Labute approximate surface area is 64.0 Å². The first-order chi connectivity index (χ1) is 4.57. The SMILES string of the molecule is CC(C)(C)C1CC2CC1C2. The second-order valence-electron chi connectivity index (χ2n) is 5.31. The maximum atomic E-state index is 2.40. The van der Waals surface area contributed by atoms with Crippen LogP contribution in [0.25, 0.3) is 0 Å². The Hall–Kier alpha value is 0. The Morgan fingerprint density at radius 1 is 1.00 bits per heavy atom. The maximum Gasteiger partial charge on any atom is -0.0334 e. The van der Waals surface area contributed by atoms with Crippen LogP contribution in [-0.4, -0.2) is 0 Å². The lowest BCUT2D eigenvalue weighted by Crippen LogP contribution is -2.23. The number of hydrogen-bond donors (Lipinski definition) is 0. The van der Waals surface area contributed by atoms with Crippen LogP contribution in [-0.2, 0) is 0 Å². The molecule has 0 spiro atoms. The van der Waals surface area contributed by atoms with Gasteiger partial charge in [0.2, 0.25) is 0 Å². The number of fused-ring (bicyclic) bond motifs is 1. The third kappa shape index (κ3) is 0.810. The molecule has 0 aromatic heterocycles. The van der Waals surface area contributed by atoms with Crippen LogP contribution >= 0.6 is 0 Å². The Bertz CT molecular complexity index is 135. The van der Waals surface area contributed by atoms with Gasteiger partial charge in [-0.05, 0) is 42.4 Å². The number of rotatable bonds is 0. The summed E-state index contributed by atoms with van der Waals surface area (Å²) in [6, 6.07) is 0. The van der Waals surface area contributed by atoms with Crippen LogP contribution in [0.1, 0.15) is 40.0 Å². The van der Waals surface area contributed by atoms with Crippen LogP contribution in [0.4, 0.5) is 0 Å². The van der Waals surface area contributed by atoms with Crippen LogP contribution in [0.2, 0.25) is 0 Å². The number of hydrogen-bond acceptors (Lipinski definition) is 0. The van der Waals surface area contributed by atoms with Crippen LogP contribution < -0.4 is 0 Å². The second-order valence-corrected chi connectivity index (χ2v) is 5.31. The highest BCUT2D eigenvalue weighted by molar-refractivity contribution is 4.98. The van der Waals surface area contributed by atoms with E-state index < -0.39 is 0 Å². The monoisotopic (exact) mass is 138 g/mol. The first-order valence-electron chi connectivity index (χ1n) is 4.57. The van der Waals surface area contributed by atoms with Gasteiger partial charge in [-0.1, -0.05) is 20.8 Å². The zero-order chi connectivity index (χ0) is 7.35. The molecule has 0 heteroatoms. The van der Waals surface area contributed by atoms with Crippen molar-refractivity contribution in [3.63, 3.8) is 0 Å². The highest BCUT2D eigenvalue weighted by Gasteiger charge is 2.48. The minimum Gasteiger partial charge on any atom is -0.0599 e. The Balaban J connectivity index is 2.07. The first kappa shape index (κ1) is 6.69. The fraction of sp³-hybridized carbons (Fsp3) is 1.00. The summed E-state index contributed by atoms with van der Waals surface area (Å²) in [5, 5.41) is 0. The fourth-order valence-electron chi connectivity index (χ4n) is 2.92. The lowest BCUT2D eigenvalue weighted by atomic mass is 9.73. The van der Waals surface area contributed by atoms with Crippen molar-refractivity contribution in [2.24, 2.45) is 23.2 Å². The third-order valence-electron chi connectivity index (χ3n) is 3.54. The van der Waals surface area contributed by atoms with Gasteiger partial charge in [0.05, 0.1) is 0 Å². The van der Waals surface area contributed by atoms with E-state index in [0.29, 0.717) is 5.41 Å². The molecule has 3 fully saturated rings. The topological polar surface area (TPSA) is 0 Å². The van der Waals surface area contributed by atoms with Crippen LogP contribution in [0.15, 0.2) is 0 Å². The van der Waals surface area contributed by atoms with Gasteiger partial charge in [-0.15, -0.1) is 0 Å². The fourth-order valence-corrected chi connectivity index (χ4v) is 2.92. The molecule has 3 aliphatic rings. The highest BCUT2D eigenvalue weighted by Crippen LogP contribution is 2.57. The van der Waals surface area contributed by atoms with E-state index in [1.807, 2.05) is 0 Å². The highest BCUT2D eigenvalue weighted by atomic mass is 14.5. The Morgan fingerprint density at radius 2 is 1.60 bits per heavy atom. The largest absolute Gasteiger partial charge is 0.0599 e. The Kier molecular flexibility index (Phi) is 1.19. The van der Waals surface area contributed by atoms with Crippen molar-refractivity contribution in [3.8, 4) is 0 Å². The van der Waals surface area contributed by atoms with Crippen molar-refractivity contribution in [1.29, 1.82) is 0 Å². The molecule has 0 aromatic carbocycles. The van der Waals surface area contributed by atoms with E-state index in [1.54, 1.807) is 12.8 Å². The summed E-state index contributed by atoms with van der Waals surface area (Å²) in [5.41, 5.74) is 0.593. The predicted molar refractivity (Wildman–Crippen MR) is 43.8 cm³/mol. The maximum absolute atomic E-state index is 2.40. The van der Waals surface area contributed by atoms with Crippen LogP contribution in [0, 0.1) is 23.2 Å². The molecule has 3 rings (SSSR count). The van der Waals surface area contributed by atoms with Gasteiger partial charge >= 0.3 is 0 Å². The van der Waals surface area contributed by atoms with E-state index in [9.17, 15) is 0 Å². The molecular weight excluding hydrogens is 120 g/mol. The van der Waals surface area contributed by atoms with Crippen molar-refractivity contribution in [2.45, 2.75) is 40.0 Å². The van der Waals surface area contributed by atoms with Gasteiger partial charge in [0.15, 0.2) is 0 Å². The van der Waals surface area contributed by atoms with Gasteiger partial charge < -0.3 is 0 Å². The summed E-state index contributed by atoms with van der Waals surface area (Å²) in [4.78, 5) is 0. The van der Waals surface area contributed by atoms with Gasteiger partial charge in [-0.3, -0.25) is 0 Å². The zero-order valence-corrected chi connectivity index (χ0v) is 7.35. The van der Waals surface area contributed by atoms with Crippen molar-refractivity contribution < 1.29 is 0 Å². The molecule has 10 heavy (non-hydrogen) atoms. The van der Waals surface area contributed by atoms with E-state index >= 15 is 0 Å². The first-order valence-corrected chi connectivity index (χ1v) is 4.57. The zero-order valence-electron chi connectivity index (χ0n) is 7.35. The lowest BCUT2D eigenvalue weighted by molar-refractivity contribution is 0.177. The van der Waals surface area contributed by atoms with E-state index in [2.05, 4.69) is 20.8 Å². The minimum absolute atomic E-state index is 0.593. The molecule has 0 N–H and O–H groups in total. The summed E-state index contributed by atoms with van der Waals surface area (Å²) in [7, 11) is 0. The molecule has 2 bridgehead atoms. The molecule has 3 saturated carbocycles. The van der Waals surface area contributed by atoms with E-state index in [1.165, 1.54) is 6.42 Å². The molecule has 3 aliphatic carbocycles. The van der Waals surface area contributed by atoms with E-state index in [-0.39, 0.29) is 0 Å². The second kappa shape index (κ2) is 1.78. The van der Waals surface area contributed by atoms with Crippen LogP contribution in [0.3, 0.4) is 0 Å². The van der Waals surface area contributed by atoms with Crippen molar-refractivity contribution in [2.75, 3.05) is 0 Å². The molecule has 0 aromatic rings. The summed E-state index contributed by atoms with van der Waals surface area (Å²) < 4.78 is 0. The van der Waals surface area contributed by atoms with E-state index in [0.717, 1.165) is 17.8 Å². The summed E-state index contributed by atoms with van der Waals surface area (Å²) in [5.74, 6) is 3.30. The molecule has 1 atom stereocenters. The van der Waals surface area contributed by atoms with Crippen molar-refractivity contribution in [3.05, 3.63) is 0 Å². The third-order valence-corrected chi connectivity index (χ3v) is 3.54. The summed E-state index contributed by atoms with van der Waals surface area (Å²) in [6.45, 7) is 7.20. The lowest BCUT2D eigenvalue weighted by Gasteiger charge is -2.32. The van der Waals surface area contributed by atoms with Gasteiger partial charge in [-0.25, -0.2) is 0 Å². The van der Waals surface area contributed by atoms with E-state index in [4.69, 9.17) is 0 Å². The van der Waals surface area contributed by atoms with Gasteiger partial charge in [0, 0.05) is 0 Å². The minimum atomic E-state index is 0.593. The molecule has 0 nitrogen and oxygen atoms in total. The predicted octanol–water partition coefficient (Wildman–Crippen LogP) is 3.08. The average molecular weight is 138 g/mol. The molecule has 0 amide bonds. The van der Waals surface area contributed by atoms with Crippen molar-refractivity contribution in [1.82, 2.24) is 0 Å². The van der Waals surface area contributed by atoms with Gasteiger partial charge in [0.1, 0.15) is 0 Å². The van der Waals surface area contributed by atoms with Crippen molar-refractivity contribution >= 4 is 0 Å². The van der Waals surface area contributed by atoms with Crippen LogP contribution in [0.5, 0.6) is 0 Å². The smallest absolute Gasteiger partial charge is 0.0334 e. The molecule has 58 valence electrons. The Morgan fingerprint density at radius 3 is 1.80 bits per heavy atom. The molecule has 1 unspecified atom stereocenters. The standard InChI is InChI=1S/C10H18/c1-10(2,3)9-6-7-4-8(9)5-7/h7-9H,4-6H2,1-3H3. The van der Waals surface area contributed by atoms with Gasteiger partial charge in [0.25, 0.3) is 0 Å². The molecule has 0 saturated heterocycles. The normalized spacial score (nSPS) is 45.3. The molecular formula is C10H18. The molecule has 0 aliphatic heterocycles. The summed E-state index contributed by atoms with van der Waals surface area (Å²) in [6.07, 6.45) is 4.65. The molecule has 0 heterocycles. The summed E-state index contributed by atoms with van der Waals surface area (Å²) >= 11 is 0.